The molecule has 7 heteroatoms. The Balaban J connectivity index is 1.63. The molecule has 3 heterocycles. The molecule has 2 aromatic carbocycles. The molecule has 2 aliphatic heterocycles. The Kier molecular flexibility index (Phi) is 2.86. The van der Waals surface area contributed by atoms with Gasteiger partial charge in [-0.2, -0.15) is 0 Å². The van der Waals surface area contributed by atoms with Crippen molar-refractivity contribution in [2.75, 3.05) is 5.32 Å². The number of anilines is 1. The normalized spacial score (nSPS) is 23.9. The number of carbonyl (C=O) groups excluding carboxylic acids is 2. The second-order valence-corrected chi connectivity index (χ2v) is 6.44. The molecule has 1 aromatic heterocycles. The molecular formula is C19H13N3O4. The maximum Gasteiger partial charge on any atom is 0.330 e. The minimum absolute atomic E-state index is 0.0502. The van der Waals surface area contributed by atoms with Crippen molar-refractivity contribution in [3.05, 3.63) is 70.8 Å². The Bertz CT molecular complexity index is 1150. The average molecular weight is 347 g/mol. The summed E-state index contributed by atoms with van der Waals surface area (Å²) in [5.74, 6) is -1.01. The minimum atomic E-state index is -1.40. The second kappa shape index (κ2) is 5.01. The van der Waals surface area contributed by atoms with Gasteiger partial charge in [-0.15, -0.1) is 0 Å². The van der Waals surface area contributed by atoms with Gasteiger partial charge in [0.25, 0.3) is 11.5 Å². The molecular weight excluding hydrogens is 334 g/mol. The first-order chi connectivity index (χ1) is 12.6. The number of hydrogen-bond donors (Lipinski definition) is 1. The quantitative estimate of drug-likeness (QED) is 0.677. The van der Waals surface area contributed by atoms with Crippen LogP contribution in [0.15, 0.2) is 59.7 Å². The average Bonchev–Trinajstić information content (AvgIpc) is 3.14. The molecule has 2 unspecified atom stereocenters. The number of amides is 1. The summed E-state index contributed by atoms with van der Waals surface area (Å²) < 4.78 is 6.80. The highest BCUT2D eigenvalue weighted by Crippen LogP contribution is 2.48. The molecule has 26 heavy (non-hydrogen) atoms. The van der Waals surface area contributed by atoms with Crippen LogP contribution in [0.25, 0.3) is 10.9 Å². The number of fused-ring (bicyclic) bond motifs is 3. The van der Waals surface area contributed by atoms with Crippen molar-refractivity contribution in [3.8, 4) is 0 Å². The van der Waals surface area contributed by atoms with Crippen LogP contribution in [0, 0.1) is 0 Å². The van der Waals surface area contributed by atoms with E-state index in [0.717, 1.165) is 0 Å². The molecule has 2 atom stereocenters. The molecule has 0 bridgehead atoms. The summed E-state index contributed by atoms with van der Waals surface area (Å²) in [5.41, 5.74) is 0.0568. The fourth-order valence-electron chi connectivity index (χ4n) is 3.75. The van der Waals surface area contributed by atoms with Crippen molar-refractivity contribution >= 4 is 28.5 Å². The molecule has 0 aliphatic carbocycles. The molecule has 0 saturated carbocycles. The molecule has 7 nitrogen and oxygen atoms in total. The van der Waals surface area contributed by atoms with E-state index < -0.39 is 23.5 Å². The van der Waals surface area contributed by atoms with Crippen molar-refractivity contribution in [1.82, 2.24) is 9.55 Å². The van der Waals surface area contributed by atoms with Crippen LogP contribution in [0.5, 0.6) is 0 Å². The number of aromatic nitrogens is 2. The van der Waals surface area contributed by atoms with Gasteiger partial charge in [0.05, 0.1) is 17.2 Å². The Morgan fingerprint density at radius 3 is 2.73 bits per heavy atom. The van der Waals surface area contributed by atoms with Crippen LogP contribution in [0.2, 0.25) is 0 Å². The van der Waals surface area contributed by atoms with Crippen LogP contribution in [-0.4, -0.2) is 21.4 Å². The van der Waals surface area contributed by atoms with E-state index in [2.05, 4.69) is 10.3 Å². The first-order valence-corrected chi connectivity index (χ1v) is 8.20. The highest BCUT2D eigenvalue weighted by atomic mass is 16.6. The highest BCUT2D eigenvalue weighted by Gasteiger charge is 2.58. The maximum atomic E-state index is 12.8. The second-order valence-electron chi connectivity index (χ2n) is 6.44. The number of nitrogens with zero attached hydrogens (tertiary/aromatic N) is 2. The lowest BCUT2D eigenvalue weighted by molar-refractivity contribution is -0.157. The van der Waals surface area contributed by atoms with E-state index in [9.17, 15) is 14.4 Å². The van der Waals surface area contributed by atoms with Crippen molar-refractivity contribution < 1.29 is 14.3 Å². The molecule has 1 N–H and O–H groups in total. The van der Waals surface area contributed by atoms with E-state index >= 15 is 0 Å². The number of esters is 1. The zero-order valence-electron chi connectivity index (χ0n) is 13.5. The van der Waals surface area contributed by atoms with E-state index in [1.54, 1.807) is 48.5 Å². The smallest absolute Gasteiger partial charge is 0.330 e. The topological polar surface area (TPSA) is 90.3 Å². The number of benzene rings is 2. The Morgan fingerprint density at radius 1 is 1.08 bits per heavy atom. The van der Waals surface area contributed by atoms with Crippen molar-refractivity contribution in [1.29, 1.82) is 0 Å². The van der Waals surface area contributed by atoms with Crippen LogP contribution in [0.3, 0.4) is 0 Å². The molecule has 1 spiro atoms. The summed E-state index contributed by atoms with van der Waals surface area (Å²) in [6.45, 7) is 0. The number of carbonyl (C=O) groups is 2. The third-order valence-corrected chi connectivity index (χ3v) is 5.03. The lowest BCUT2D eigenvalue weighted by atomic mass is 9.90. The Hall–Kier alpha value is -3.48. The fraction of sp³-hybridized carbons (Fsp3) is 0.158. The first-order valence-electron chi connectivity index (χ1n) is 8.20. The van der Waals surface area contributed by atoms with E-state index in [0.29, 0.717) is 22.2 Å². The first kappa shape index (κ1) is 14.8. The van der Waals surface area contributed by atoms with Gasteiger partial charge in [-0.25, -0.2) is 9.78 Å². The van der Waals surface area contributed by atoms with Crippen LogP contribution in [0.4, 0.5) is 5.69 Å². The zero-order chi connectivity index (χ0) is 17.9. The van der Waals surface area contributed by atoms with Crippen molar-refractivity contribution in [3.63, 3.8) is 0 Å². The van der Waals surface area contributed by atoms with Gasteiger partial charge in [-0.05, 0) is 18.2 Å². The van der Waals surface area contributed by atoms with Crippen molar-refractivity contribution in [2.24, 2.45) is 0 Å². The van der Waals surface area contributed by atoms with Gasteiger partial charge >= 0.3 is 5.97 Å². The van der Waals surface area contributed by atoms with Gasteiger partial charge in [0.15, 0.2) is 0 Å². The highest BCUT2D eigenvalue weighted by molar-refractivity contribution is 6.07. The van der Waals surface area contributed by atoms with Crippen LogP contribution >= 0.6 is 0 Å². The number of rotatable bonds is 1. The number of para-hydroxylation sites is 2. The third-order valence-electron chi connectivity index (χ3n) is 5.03. The molecule has 3 aromatic rings. The summed E-state index contributed by atoms with van der Waals surface area (Å²) in [6, 6.07) is 13.1. The lowest BCUT2D eigenvalue weighted by Gasteiger charge is -2.19. The van der Waals surface area contributed by atoms with Gasteiger partial charge in [0.2, 0.25) is 5.60 Å². The standard InChI is InChI=1S/C19H13N3O4/c23-16-11-5-1-3-7-13(11)20-10-22(16)15-9-19(26-17(15)24)12-6-2-4-8-14(12)21-18(19)25/h1-8,10,15H,9H2,(H,21,25). The van der Waals surface area contributed by atoms with Gasteiger partial charge in [0, 0.05) is 17.7 Å². The monoisotopic (exact) mass is 347 g/mol. The zero-order valence-corrected chi connectivity index (χ0v) is 13.5. The predicted octanol–water partition coefficient (Wildman–Crippen LogP) is 1.73. The lowest BCUT2D eigenvalue weighted by Crippen LogP contribution is -2.34. The Labute approximate surface area is 147 Å². The van der Waals surface area contributed by atoms with Gasteiger partial charge in [0.1, 0.15) is 6.04 Å². The number of hydrogen-bond acceptors (Lipinski definition) is 5. The molecule has 1 fully saturated rings. The van der Waals surface area contributed by atoms with Gasteiger partial charge < -0.3 is 10.1 Å². The van der Waals surface area contributed by atoms with Crippen LogP contribution < -0.4 is 10.9 Å². The van der Waals surface area contributed by atoms with Gasteiger partial charge in [-0.3, -0.25) is 14.2 Å². The molecule has 1 amide bonds. The van der Waals surface area contributed by atoms with Crippen LogP contribution in [-0.2, 0) is 19.9 Å². The van der Waals surface area contributed by atoms with E-state index in [1.165, 1.54) is 10.9 Å². The minimum Gasteiger partial charge on any atom is -0.442 e. The molecule has 1 saturated heterocycles. The van der Waals surface area contributed by atoms with Gasteiger partial charge in [-0.1, -0.05) is 30.3 Å². The number of nitrogens with one attached hydrogen (secondary N) is 1. The summed E-state index contributed by atoms with van der Waals surface area (Å²) in [6.07, 6.45) is 1.39. The van der Waals surface area contributed by atoms with E-state index in [4.69, 9.17) is 4.74 Å². The largest absolute Gasteiger partial charge is 0.442 e. The molecule has 128 valence electrons. The molecule has 0 radical (unpaired) electrons. The number of ether oxygens (including phenoxy) is 1. The Morgan fingerprint density at radius 2 is 1.85 bits per heavy atom. The SMILES string of the molecule is O=C1OC2(CC1n1cnc3ccccc3c1=O)C(=O)Nc1ccccc12. The molecule has 5 rings (SSSR count). The molecule has 2 aliphatic rings. The fourth-order valence-corrected chi connectivity index (χ4v) is 3.75. The summed E-state index contributed by atoms with van der Waals surface area (Å²) in [7, 11) is 0. The third kappa shape index (κ3) is 1.82. The van der Waals surface area contributed by atoms with E-state index in [-0.39, 0.29) is 12.0 Å². The maximum absolute atomic E-state index is 12.8. The summed E-state index contributed by atoms with van der Waals surface area (Å²) in [5, 5.41) is 3.16. The van der Waals surface area contributed by atoms with E-state index in [1.807, 2.05) is 0 Å². The van der Waals surface area contributed by atoms with Crippen molar-refractivity contribution in [2.45, 2.75) is 18.1 Å². The predicted molar refractivity (Wildman–Crippen MR) is 92.5 cm³/mol. The van der Waals surface area contributed by atoms with Crippen LogP contribution in [0.1, 0.15) is 18.0 Å². The summed E-state index contributed by atoms with van der Waals surface area (Å²) >= 11 is 0. The summed E-state index contributed by atoms with van der Waals surface area (Å²) in [4.78, 5) is 42.2.